The van der Waals surface area contributed by atoms with Crippen LogP contribution in [0.3, 0.4) is 0 Å². The van der Waals surface area contributed by atoms with Gasteiger partial charge in [0.25, 0.3) is 0 Å². The zero-order valence-electron chi connectivity index (χ0n) is 10.8. The number of ketones is 1. The second kappa shape index (κ2) is 5.78. The molecule has 0 radical (unpaired) electrons. The average Bonchev–Trinajstić information content (AvgIpc) is 2.16. The van der Waals surface area contributed by atoms with Gasteiger partial charge in [0.2, 0.25) is 0 Å². The van der Waals surface area contributed by atoms with Crippen molar-refractivity contribution >= 4 is 5.78 Å². The predicted molar refractivity (Wildman–Crippen MR) is 65.2 cm³/mol. The van der Waals surface area contributed by atoms with E-state index < -0.39 is 0 Å². The van der Waals surface area contributed by atoms with Crippen LogP contribution in [0.4, 0.5) is 0 Å². The minimum absolute atomic E-state index is 0.00958. The van der Waals surface area contributed by atoms with E-state index in [4.69, 9.17) is 10.5 Å². The molecule has 2 N–H and O–H groups in total. The first-order chi connectivity index (χ1) is 7.38. The van der Waals surface area contributed by atoms with Gasteiger partial charge >= 0.3 is 0 Å². The molecule has 0 saturated carbocycles. The van der Waals surface area contributed by atoms with Crippen LogP contribution in [0.5, 0.6) is 0 Å². The van der Waals surface area contributed by atoms with Crippen molar-refractivity contribution in [1.82, 2.24) is 0 Å². The van der Waals surface area contributed by atoms with Crippen molar-refractivity contribution in [2.24, 2.45) is 17.1 Å². The van der Waals surface area contributed by atoms with E-state index >= 15 is 0 Å². The van der Waals surface area contributed by atoms with Gasteiger partial charge in [-0.3, -0.25) is 4.79 Å². The van der Waals surface area contributed by atoms with Crippen molar-refractivity contribution < 1.29 is 9.53 Å². The van der Waals surface area contributed by atoms with Gasteiger partial charge in [-0.2, -0.15) is 0 Å². The van der Waals surface area contributed by atoms with Crippen molar-refractivity contribution in [1.29, 1.82) is 0 Å². The van der Waals surface area contributed by atoms with Gasteiger partial charge < -0.3 is 10.5 Å². The van der Waals surface area contributed by atoms with Gasteiger partial charge in [-0.15, -0.1) is 0 Å². The molecule has 3 heteroatoms. The van der Waals surface area contributed by atoms with E-state index in [1.54, 1.807) is 0 Å². The Balaban J connectivity index is 2.32. The highest BCUT2D eigenvalue weighted by atomic mass is 16.5. The molecule has 16 heavy (non-hydrogen) atoms. The lowest BCUT2D eigenvalue weighted by molar-refractivity contribution is -0.126. The highest BCUT2D eigenvalue weighted by molar-refractivity contribution is 5.81. The fourth-order valence-electron chi connectivity index (χ4n) is 2.30. The molecule has 1 aliphatic rings. The van der Waals surface area contributed by atoms with Gasteiger partial charge in [0.1, 0.15) is 5.78 Å². The minimum Gasteiger partial charge on any atom is -0.381 e. The molecular weight excluding hydrogens is 202 g/mol. The summed E-state index contributed by atoms with van der Waals surface area (Å²) in [4.78, 5) is 12.0. The van der Waals surface area contributed by atoms with Crippen LogP contribution in [-0.2, 0) is 9.53 Å². The first-order valence-corrected chi connectivity index (χ1v) is 6.24. The summed E-state index contributed by atoms with van der Waals surface area (Å²) in [5.74, 6) is 0.528. The van der Waals surface area contributed by atoms with Crippen molar-refractivity contribution in [3.8, 4) is 0 Å². The lowest BCUT2D eigenvalue weighted by atomic mass is 9.84. The van der Waals surface area contributed by atoms with E-state index in [9.17, 15) is 4.79 Å². The van der Waals surface area contributed by atoms with Crippen LogP contribution < -0.4 is 5.73 Å². The fourth-order valence-corrected chi connectivity index (χ4v) is 2.30. The van der Waals surface area contributed by atoms with Crippen molar-refractivity contribution in [2.45, 2.75) is 52.5 Å². The van der Waals surface area contributed by atoms with Crippen LogP contribution in [0.2, 0.25) is 0 Å². The van der Waals surface area contributed by atoms with Crippen molar-refractivity contribution in [3.63, 3.8) is 0 Å². The molecule has 1 saturated heterocycles. The minimum atomic E-state index is 0.00958. The van der Waals surface area contributed by atoms with E-state index in [0.717, 1.165) is 32.5 Å². The van der Waals surface area contributed by atoms with Crippen molar-refractivity contribution in [3.05, 3.63) is 0 Å². The monoisotopic (exact) mass is 227 g/mol. The molecule has 3 nitrogen and oxygen atoms in total. The fraction of sp³-hybridized carbons (Fsp3) is 0.923. The zero-order chi connectivity index (χ0) is 12.2. The molecule has 1 aliphatic heterocycles. The number of rotatable bonds is 4. The topological polar surface area (TPSA) is 52.3 Å². The molecule has 0 aromatic carbocycles. The van der Waals surface area contributed by atoms with Crippen LogP contribution in [0, 0.1) is 11.3 Å². The molecule has 0 aromatic rings. The standard InChI is InChI=1S/C13H25NO2/c1-13(2,3)9-11(14)8-12(15)10-4-6-16-7-5-10/h10-11H,4-9,14H2,1-3H3. The van der Waals surface area contributed by atoms with Gasteiger partial charge in [0.05, 0.1) is 0 Å². The maximum Gasteiger partial charge on any atom is 0.137 e. The number of carbonyl (C=O) groups excluding carboxylic acids is 1. The second-order valence-electron chi connectivity index (χ2n) is 6.08. The maximum absolute atomic E-state index is 12.0. The molecule has 1 rings (SSSR count). The lowest BCUT2D eigenvalue weighted by Crippen LogP contribution is -2.32. The smallest absolute Gasteiger partial charge is 0.137 e. The molecular formula is C13H25NO2. The normalized spacial score (nSPS) is 20.8. The largest absolute Gasteiger partial charge is 0.381 e. The van der Waals surface area contributed by atoms with E-state index in [1.165, 1.54) is 0 Å². The molecule has 0 aromatic heterocycles. The number of nitrogens with two attached hydrogens (primary N) is 1. The Morgan fingerprint density at radius 3 is 2.44 bits per heavy atom. The third-order valence-corrected chi connectivity index (χ3v) is 3.01. The molecule has 94 valence electrons. The van der Waals surface area contributed by atoms with Crippen LogP contribution in [0.15, 0.2) is 0 Å². The summed E-state index contributed by atoms with van der Waals surface area (Å²) in [5, 5.41) is 0. The van der Waals surface area contributed by atoms with Gasteiger partial charge in [-0.05, 0) is 24.7 Å². The molecule has 0 aliphatic carbocycles. The van der Waals surface area contributed by atoms with Crippen LogP contribution in [-0.4, -0.2) is 25.0 Å². The number of hydrogen-bond acceptors (Lipinski definition) is 3. The maximum atomic E-state index is 12.0. The van der Waals surface area contributed by atoms with E-state index in [-0.39, 0.29) is 17.4 Å². The van der Waals surface area contributed by atoms with E-state index in [1.807, 2.05) is 0 Å². The summed E-state index contributed by atoms with van der Waals surface area (Å²) in [6, 6.07) is 0.00958. The quantitative estimate of drug-likeness (QED) is 0.800. The highest BCUT2D eigenvalue weighted by Gasteiger charge is 2.24. The highest BCUT2D eigenvalue weighted by Crippen LogP contribution is 2.23. The van der Waals surface area contributed by atoms with Crippen LogP contribution >= 0.6 is 0 Å². The summed E-state index contributed by atoms with van der Waals surface area (Å²) in [6.07, 6.45) is 3.19. The summed E-state index contributed by atoms with van der Waals surface area (Å²) < 4.78 is 5.25. The Morgan fingerprint density at radius 2 is 1.94 bits per heavy atom. The second-order valence-corrected chi connectivity index (χ2v) is 6.08. The van der Waals surface area contributed by atoms with Gasteiger partial charge in [0, 0.05) is 31.6 Å². The third kappa shape index (κ3) is 5.08. The number of hydrogen-bond donors (Lipinski definition) is 1. The summed E-state index contributed by atoms with van der Waals surface area (Å²) in [6.45, 7) is 7.93. The van der Waals surface area contributed by atoms with Gasteiger partial charge in [0.15, 0.2) is 0 Å². The molecule has 0 spiro atoms. The molecule has 1 fully saturated rings. The molecule has 0 bridgehead atoms. The first-order valence-electron chi connectivity index (χ1n) is 6.24. The summed E-state index contributed by atoms with van der Waals surface area (Å²) in [5.41, 5.74) is 6.22. The average molecular weight is 227 g/mol. The molecule has 0 amide bonds. The Kier molecular flexibility index (Phi) is 4.93. The molecule has 1 unspecified atom stereocenters. The van der Waals surface area contributed by atoms with Crippen LogP contribution in [0.25, 0.3) is 0 Å². The Labute approximate surface area is 98.7 Å². The van der Waals surface area contributed by atoms with Crippen molar-refractivity contribution in [2.75, 3.05) is 13.2 Å². The Morgan fingerprint density at radius 1 is 1.38 bits per heavy atom. The van der Waals surface area contributed by atoms with E-state index in [0.29, 0.717) is 12.2 Å². The molecule has 1 atom stereocenters. The van der Waals surface area contributed by atoms with Crippen LogP contribution in [0.1, 0.15) is 46.5 Å². The predicted octanol–water partition coefficient (Wildman–Crippen LogP) is 2.14. The number of Topliss-reactive ketones (excluding diaryl/α,β-unsaturated/α-hetero) is 1. The Bertz CT molecular complexity index is 227. The number of ether oxygens (including phenoxy) is 1. The first kappa shape index (κ1) is 13.7. The van der Waals surface area contributed by atoms with Gasteiger partial charge in [-0.25, -0.2) is 0 Å². The molecule has 1 heterocycles. The van der Waals surface area contributed by atoms with E-state index in [2.05, 4.69) is 20.8 Å². The lowest BCUT2D eigenvalue weighted by Gasteiger charge is -2.25. The summed E-state index contributed by atoms with van der Waals surface area (Å²) in [7, 11) is 0. The third-order valence-electron chi connectivity index (χ3n) is 3.01. The number of carbonyl (C=O) groups is 1. The zero-order valence-corrected chi connectivity index (χ0v) is 10.8. The Hall–Kier alpha value is -0.410. The van der Waals surface area contributed by atoms with Gasteiger partial charge in [-0.1, -0.05) is 20.8 Å². The SMILES string of the molecule is CC(C)(C)CC(N)CC(=O)C1CCOCC1. The summed E-state index contributed by atoms with van der Waals surface area (Å²) >= 11 is 0.